The topological polar surface area (TPSA) is 43.3 Å². The SMILES string of the molecule is CN=C(NCC(C)N1CCc2sccc2C1)N1CCC(N2CCOCC2)C1. The van der Waals surface area contributed by atoms with Crippen molar-refractivity contribution in [2.45, 2.75) is 38.4 Å². The van der Waals surface area contributed by atoms with Gasteiger partial charge >= 0.3 is 0 Å². The molecule has 0 aromatic carbocycles. The van der Waals surface area contributed by atoms with Crippen molar-refractivity contribution in [2.75, 3.05) is 59.5 Å². The molecule has 0 radical (unpaired) electrons. The minimum atomic E-state index is 0.507. The highest BCUT2D eigenvalue weighted by Crippen LogP contribution is 2.25. The van der Waals surface area contributed by atoms with E-state index in [0.717, 1.165) is 65.0 Å². The lowest BCUT2D eigenvalue weighted by Crippen LogP contribution is -2.49. The summed E-state index contributed by atoms with van der Waals surface area (Å²) in [5.74, 6) is 1.06. The number of thiophene rings is 1. The van der Waals surface area contributed by atoms with Crippen molar-refractivity contribution in [3.8, 4) is 0 Å². The summed E-state index contributed by atoms with van der Waals surface area (Å²) < 4.78 is 5.50. The molecule has 0 spiro atoms. The van der Waals surface area contributed by atoms with Gasteiger partial charge in [-0.15, -0.1) is 11.3 Å². The van der Waals surface area contributed by atoms with Crippen LogP contribution in [0.4, 0.5) is 0 Å². The maximum atomic E-state index is 5.50. The van der Waals surface area contributed by atoms with E-state index < -0.39 is 0 Å². The Hall–Kier alpha value is -1.15. The second kappa shape index (κ2) is 8.90. The molecule has 1 aromatic heterocycles. The molecule has 3 aliphatic rings. The van der Waals surface area contributed by atoms with Gasteiger partial charge in [0.05, 0.1) is 13.2 Å². The molecule has 1 N–H and O–H groups in total. The van der Waals surface area contributed by atoms with E-state index in [1.165, 1.54) is 18.4 Å². The summed E-state index contributed by atoms with van der Waals surface area (Å²) in [6, 6.07) is 3.44. The lowest BCUT2D eigenvalue weighted by atomic mass is 10.1. The highest BCUT2D eigenvalue weighted by atomic mass is 32.1. The number of nitrogens with one attached hydrogen (secondary N) is 1. The van der Waals surface area contributed by atoms with Crippen molar-refractivity contribution < 1.29 is 4.74 Å². The van der Waals surface area contributed by atoms with Gasteiger partial charge in [-0.2, -0.15) is 0 Å². The van der Waals surface area contributed by atoms with Gasteiger partial charge < -0.3 is 15.0 Å². The minimum Gasteiger partial charge on any atom is -0.379 e. The average Bonchev–Trinajstić information content (AvgIpc) is 3.38. The number of morpholine rings is 1. The zero-order chi connectivity index (χ0) is 18.6. The largest absolute Gasteiger partial charge is 0.379 e. The van der Waals surface area contributed by atoms with Gasteiger partial charge in [-0.1, -0.05) is 0 Å². The van der Waals surface area contributed by atoms with E-state index in [1.54, 1.807) is 4.88 Å². The Morgan fingerprint density at radius 1 is 1.33 bits per heavy atom. The summed E-state index contributed by atoms with van der Waals surface area (Å²) in [6.07, 6.45) is 2.42. The molecule has 4 heterocycles. The first-order valence-corrected chi connectivity index (χ1v) is 11.2. The van der Waals surface area contributed by atoms with Crippen molar-refractivity contribution in [3.05, 3.63) is 21.9 Å². The Labute approximate surface area is 167 Å². The fourth-order valence-corrected chi connectivity index (χ4v) is 5.41. The van der Waals surface area contributed by atoms with Crippen LogP contribution in [-0.4, -0.2) is 92.3 Å². The van der Waals surface area contributed by atoms with E-state index in [-0.39, 0.29) is 0 Å². The molecule has 0 saturated carbocycles. The van der Waals surface area contributed by atoms with Crippen LogP contribution in [0.2, 0.25) is 0 Å². The molecule has 3 aliphatic heterocycles. The standard InChI is InChI=1S/C20H33N5OS/c1-16(24-7-4-19-17(14-24)5-12-27-19)13-22-20(21-2)25-6-3-18(15-25)23-8-10-26-11-9-23/h5,12,16,18H,3-4,6-11,13-15H2,1-2H3,(H,21,22). The highest BCUT2D eigenvalue weighted by Gasteiger charge is 2.30. The second-order valence-corrected chi connectivity index (χ2v) is 8.90. The zero-order valence-electron chi connectivity index (χ0n) is 16.7. The molecule has 0 amide bonds. The van der Waals surface area contributed by atoms with Gasteiger partial charge in [0, 0.05) is 69.8 Å². The first-order valence-electron chi connectivity index (χ1n) is 10.3. The van der Waals surface area contributed by atoms with E-state index >= 15 is 0 Å². The summed E-state index contributed by atoms with van der Waals surface area (Å²) in [5, 5.41) is 5.88. The Balaban J connectivity index is 1.26. The molecule has 1 aromatic rings. The average molecular weight is 392 g/mol. The number of aliphatic imine (C=N–C) groups is 1. The van der Waals surface area contributed by atoms with Crippen molar-refractivity contribution in [1.82, 2.24) is 20.0 Å². The first-order chi connectivity index (χ1) is 13.2. The predicted molar refractivity (Wildman–Crippen MR) is 112 cm³/mol. The monoisotopic (exact) mass is 391 g/mol. The Kier molecular flexibility index (Phi) is 6.32. The maximum absolute atomic E-state index is 5.50. The molecule has 4 rings (SSSR count). The lowest BCUT2D eigenvalue weighted by Gasteiger charge is -2.34. The van der Waals surface area contributed by atoms with Crippen LogP contribution in [-0.2, 0) is 17.7 Å². The van der Waals surface area contributed by atoms with Crippen LogP contribution >= 0.6 is 11.3 Å². The van der Waals surface area contributed by atoms with Crippen LogP contribution in [0, 0.1) is 0 Å². The zero-order valence-corrected chi connectivity index (χ0v) is 17.5. The van der Waals surface area contributed by atoms with E-state index in [0.29, 0.717) is 12.1 Å². The maximum Gasteiger partial charge on any atom is 0.193 e. The number of fused-ring (bicyclic) bond motifs is 1. The molecule has 0 aliphatic carbocycles. The van der Waals surface area contributed by atoms with E-state index in [2.05, 4.69) is 43.4 Å². The van der Waals surface area contributed by atoms with E-state index in [1.807, 2.05) is 18.4 Å². The Bertz CT molecular complexity index is 642. The number of hydrogen-bond acceptors (Lipinski definition) is 5. The van der Waals surface area contributed by atoms with Crippen LogP contribution in [0.1, 0.15) is 23.8 Å². The van der Waals surface area contributed by atoms with Gasteiger partial charge in [-0.25, -0.2) is 0 Å². The molecule has 150 valence electrons. The minimum absolute atomic E-state index is 0.507. The summed E-state index contributed by atoms with van der Waals surface area (Å²) in [6.45, 7) is 11.6. The lowest BCUT2D eigenvalue weighted by molar-refractivity contribution is 0.0194. The van der Waals surface area contributed by atoms with Crippen molar-refractivity contribution in [1.29, 1.82) is 0 Å². The summed E-state index contributed by atoms with van der Waals surface area (Å²) in [4.78, 5) is 13.8. The molecule has 6 nitrogen and oxygen atoms in total. The van der Waals surface area contributed by atoms with Crippen LogP contribution in [0.15, 0.2) is 16.4 Å². The van der Waals surface area contributed by atoms with Gasteiger partial charge in [0.1, 0.15) is 0 Å². The van der Waals surface area contributed by atoms with Crippen LogP contribution in [0.3, 0.4) is 0 Å². The highest BCUT2D eigenvalue weighted by molar-refractivity contribution is 7.10. The molecule has 27 heavy (non-hydrogen) atoms. The number of ether oxygens (including phenoxy) is 1. The molecule has 2 unspecified atom stereocenters. The fraction of sp³-hybridized carbons (Fsp3) is 0.750. The molecule has 2 atom stereocenters. The molecule has 2 fully saturated rings. The van der Waals surface area contributed by atoms with Gasteiger partial charge in [0.15, 0.2) is 5.96 Å². The first kappa shape index (κ1) is 19.2. The molecule has 2 saturated heterocycles. The smallest absolute Gasteiger partial charge is 0.193 e. The summed E-state index contributed by atoms with van der Waals surface area (Å²) in [7, 11) is 1.91. The van der Waals surface area contributed by atoms with E-state index in [9.17, 15) is 0 Å². The normalized spacial score (nSPS) is 26.2. The second-order valence-electron chi connectivity index (χ2n) is 7.90. The van der Waals surface area contributed by atoms with Crippen molar-refractivity contribution in [3.63, 3.8) is 0 Å². The van der Waals surface area contributed by atoms with Gasteiger partial charge in [-0.3, -0.25) is 14.8 Å². The Morgan fingerprint density at radius 3 is 3.00 bits per heavy atom. The van der Waals surface area contributed by atoms with Crippen LogP contribution in [0.25, 0.3) is 0 Å². The van der Waals surface area contributed by atoms with Gasteiger partial charge in [0.25, 0.3) is 0 Å². The van der Waals surface area contributed by atoms with Gasteiger partial charge in [0.2, 0.25) is 0 Å². The number of likely N-dealkylation sites (tertiary alicyclic amines) is 1. The molecular formula is C20H33N5OS. The van der Waals surface area contributed by atoms with Gasteiger partial charge in [-0.05, 0) is 36.8 Å². The van der Waals surface area contributed by atoms with Crippen LogP contribution < -0.4 is 5.32 Å². The van der Waals surface area contributed by atoms with Crippen LogP contribution in [0.5, 0.6) is 0 Å². The third-order valence-electron chi connectivity index (χ3n) is 6.25. The number of guanidine groups is 1. The Morgan fingerprint density at radius 2 is 2.19 bits per heavy atom. The van der Waals surface area contributed by atoms with E-state index in [4.69, 9.17) is 4.74 Å². The van der Waals surface area contributed by atoms with Crippen molar-refractivity contribution >= 4 is 17.3 Å². The summed E-state index contributed by atoms with van der Waals surface area (Å²) in [5.41, 5.74) is 1.52. The molecule has 0 bridgehead atoms. The number of rotatable bonds is 4. The molecule has 7 heteroatoms. The summed E-state index contributed by atoms with van der Waals surface area (Å²) >= 11 is 1.91. The third kappa shape index (κ3) is 4.47. The number of hydrogen-bond donors (Lipinski definition) is 1. The third-order valence-corrected chi connectivity index (χ3v) is 7.28. The molecular weight excluding hydrogens is 358 g/mol. The quantitative estimate of drug-likeness (QED) is 0.622. The predicted octanol–water partition coefficient (Wildman–Crippen LogP) is 1.48. The van der Waals surface area contributed by atoms with Crippen molar-refractivity contribution in [2.24, 2.45) is 4.99 Å². The number of nitrogens with zero attached hydrogens (tertiary/aromatic N) is 4. The fourth-order valence-electron chi connectivity index (χ4n) is 4.52.